The van der Waals surface area contributed by atoms with Gasteiger partial charge in [0.1, 0.15) is 5.82 Å². The Morgan fingerprint density at radius 1 is 1.37 bits per heavy atom. The van der Waals surface area contributed by atoms with E-state index in [0.29, 0.717) is 21.0 Å². The lowest BCUT2D eigenvalue weighted by Gasteiger charge is -2.08. The monoisotopic (exact) mass is 359 g/mol. The molecule has 0 aliphatic heterocycles. The minimum Gasteiger partial charge on any atom is -0.397 e. The van der Waals surface area contributed by atoms with Gasteiger partial charge in [0.25, 0.3) is 5.91 Å². The number of hydrogen-bond donors (Lipinski definition) is 2. The van der Waals surface area contributed by atoms with Gasteiger partial charge in [-0.2, -0.15) is 0 Å². The predicted molar refractivity (Wildman–Crippen MR) is 80.8 cm³/mol. The van der Waals surface area contributed by atoms with Crippen LogP contribution in [-0.2, 0) is 0 Å². The van der Waals surface area contributed by atoms with Crippen molar-refractivity contribution in [2.45, 2.75) is 0 Å². The molecule has 0 spiro atoms. The second kappa shape index (κ2) is 5.77. The fourth-order valence-electron chi connectivity index (χ4n) is 1.40. The summed E-state index contributed by atoms with van der Waals surface area (Å²) in [6, 6.07) is 6.48. The number of pyridine rings is 1. The highest BCUT2D eigenvalue weighted by Crippen LogP contribution is 2.27. The van der Waals surface area contributed by atoms with Gasteiger partial charge in [0.2, 0.25) is 0 Å². The largest absolute Gasteiger partial charge is 0.397 e. The van der Waals surface area contributed by atoms with E-state index in [0.717, 1.165) is 0 Å². The summed E-state index contributed by atoms with van der Waals surface area (Å²) in [6.45, 7) is 0. The molecule has 98 valence electrons. The Kier molecular flexibility index (Phi) is 4.29. The molecule has 7 heteroatoms. The average molecular weight is 361 g/mol. The van der Waals surface area contributed by atoms with Gasteiger partial charge in [-0.05, 0) is 34.1 Å². The fraction of sp³-hybridized carbons (Fsp3) is 0. The van der Waals surface area contributed by atoms with Crippen molar-refractivity contribution in [3.05, 3.63) is 50.5 Å². The summed E-state index contributed by atoms with van der Waals surface area (Å²) in [4.78, 5) is 16.1. The molecule has 1 amide bonds. The van der Waals surface area contributed by atoms with Gasteiger partial charge < -0.3 is 11.1 Å². The van der Waals surface area contributed by atoms with Gasteiger partial charge in [0.05, 0.1) is 32.0 Å². The third kappa shape index (κ3) is 3.18. The zero-order chi connectivity index (χ0) is 14.0. The van der Waals surface area contributed by atoms with Gasteiger partial charge in [-0.1, -0.05) is 29.3 Å². The Morgan fingerprint density at radius 3 is 2.79 bits per heavy atom. The molecule has 0 bridgehead atoms. The van der Waals surface area contributed by atoms with Crippen molar-refractivity contribution >= 4 is 56.5 Å². The summed E-state index contributed by atoms with van der Waals surface area (Å²) >= 11 is 15.1. The zero-order valence-electron chi connectivity index (χ0n) is 9.45. The number of nitrogens with one attached hydrogen (secondary N) is 1. The maximum absolute atomic E-state index is 12.1. The highest BCUT2D eigenvalue weighted by Gasteiger charge is 2.14. The Hall–Kier alpha value is -1.30. The number of rotatable bonds is 2. The van der Waals surface area contributed by atoms with Crippen LogP contribution in [0, 0.1) is 0 Å². The van der Waals surface area contributed by atoms with E-state index >= 15 is 0 Å². The van der Waals surface area contributed by atoms with Crippen LogP contribution in [0.3, 0.4) is 0 Å². The number of hydrogen-bond acceptors (Lipinski definition) is 3. The second-order valence-corrected chi connectivity index (χ2v) is 5.29. The third-order valence-corrected chi connectivity index (χ3v) is 3.71. The number of nitrogens with zero attached hydrogens (tertiary/aromatic N) is 1. The van der Waals surface area contributed by atoms with Gasteiger partial charge in [-0.15, -0.1) is 0 Å². The molecular formula is C12H8BrCl2N3O. The number of carbonyl (C=O) groups excluding carboxylic acids is 1. The van der Waals surface area contributed by atoms with Gasteiger partial charge in [0, 0.05) is 0 Å². The number of nitrogen functional groups attached to an aromatic ring is 1. The molecule has 1 heterocycles. The molecule has 0 unspecified atom stereocenters. The lowest BCUT2D eigenvalue weighted by atomic mass is 10.2. The number of aromatic nitrogens is 1. The van der Waals surface area contributed by atoms with Crippen molar-refractivity contribution in [1.29, 1.82) is 0 Å². The first-order valence-electron chi connectivity index (χ1n) is 5.15. The summed E-state index contributed by atoms with van der Waals surface area (Å²) in [5, 5.41) is 3.15. The van der Waals surface area contributed by atoms with Gasteiger partial charge in [-0.3, -0.25) is 4.79 Å². The van der Waals surface area contributed by atoms with E-state index in [2.05, 4.69) is 26.2 Å². The molecule has 0 aliphatic carbocycles. The Morgan fingerprint density at radius 2 is 2.11 bits per heavy atom. The highest BCUT2D eigenvalue weighted by atomic mass is 79.9. The maximum atomic E-state index is 12.1. The van der Waals surface area contributed by atoms with Crippen molar-refractivity contribution in [1.82, 2.24) is 4.98 Å². The molecule has 0 radical (unpaired) electrons. The van der Waals surface area contributed by atoms with Crippen molar-refractivity contribution in [3.63, 3.8) is 0 Å². The molecule has 19 heavy (non-hydrogen) atoms. The number of anilines is 2. The molecule has 1 aromatic heterocycles. The summed E-state index contributed by atoms with van der Waals surface area (Å²) in [5.41, 5.74) is 6.34. The number of benzene rings is 1. The van der Waals surface area contributed by atoms with E-state index < -0.39 is 5.91 Å². The lowest BCUT2D eigenvalue weighted by Crippen LogP contribution is -2.14. The van der Waals surface area contributed by atoms with Crippen LogP contribution < -0.4 is 11.1 Å². The number of halogens is 3. The highest BCUT2D eigenvalue weighted by molar-refractivity contribution is 9.10. The SMILES string of the molecule is Nc1cnc(NC(=O)c2cccc(Cl)c2Cl)c(Br)c1. The lowest BCUT2D eigenvalue weighted by molar-refractivity contribution is 0.102. The van der Waals surface area contributed by atoms with Crippen LogP contribution in [0.15, 0.2) is 34.9 Å². The molecule has 0 fully saturated rings. The minimum absolute atomic E-state index is 0.202. The number of carbonyl (C=O) groups is 1. The van der Waals surface area contributed by atoms with E-state index in [1.165, 1.54) is 6.20 Å². The van der Waals surface area contributed by atoms with E-state index in [-0.39, 0.29) is 10.6 Å². The smallest absolute Gasteiger partial charge is 0.258 e. The Balaban J connectivity index is 2.28. The number of nitrogens with two attached hydrogens (primary N) is 1. The molecule has 0 saturated carbocycles. The first-order chi connectivity index (χ1) is 8.99. The standard InChI is InChI=1S/C12H8BrCl2N3O/c13-8-4-6(16)5-17-11(8)18-12(19)7-2-1-3-9(14)10(7)15/h1-5H,16H2,(H,17,18,19). The predicted octanol–water partition coefficient (Wildman–Crippen LogP) is 3.99. The molecule has 0 saturated heterocycles. The first-order valence-corrected chi connectivity index (χ1v) is 6.70. The fourth-order valence-corrected chi connectivity index (χ4v) is 2.25. The van der Waals surface area contributed by atoms with Crippen LogP contribution in [0.1, 0.15) is 10.4 Å². The van der Waals surface area contributed by atoms with Gasteiger partial charge in [0.15, 0.2) is 0 Å². The molecule has 0 atom stereocenters. The molecule has 0 aliphatic rings. The van der Waals surface area contributed by atoms with Crippen molar-refractivity contribution in [3.8, 4) is 0 Å². The molecular weight excluding hydrogens is 353 g/mol. The molecule has 4 nitrogen and oxygen atoms in total. The quantitative estimate of drug-likeness (QED) is 0.850. The van der Waals surface area contributed by atoms with E-state index in [9.17, 15) is 4.79 Å². The first kappa shape index (κ1) is 14.1. The molecule has 3 N–H and O–H groups in total. The average Bonchev–Trinajstić information content (AvgIpc) is 2.36. The third-order valence-electron chi connectivity index (χ3n) is 2.29. The number of amides is 1. The molecule has 2 aromatic rings. The second-order valence-electron chi connectivity index (χ2n) is 3.65. The summed E-state index contributed by atoms with van der Waals surface area (Å²) < 4.78 is 0.582. The molecule has 1 aromatic carbocycles. The van der Waals surface area contributed by atoms with Gasteiger partial charge >= 0.3 is 0 Å². The molecule has 2 rings (SSSR count). The van der Waals surface area contributed by atoms with E-state index in [1.807, 2.05) is 0 Å². The van der Waals surface area contributed by atoms with Crippen LogP contribution in [0.5, 0.6) is 0 Å². The van der Waals surface area contributed by atoms with Crippen molar-refractivity contribution in [2.24, 2.45) is 0 Å². The van der Waals surface area contributed by atoms with Crippen LogP contribution in [0.2, 0.25) is 10.0 Å². The normalized spacial score (nSPS) is 10.3. The van der Waals surface area contributed by atoms with Crippen molar-refractivity contribution < 1.29 is 4.79 Å². The maximum Gasteiger partial charge on any atom is 0.258 e. The Labute approximate surface area is 128 Å². The Bertz CT molecular complexity index is 649. The summed E-state index contributed by atoms with van der Waals surface area (Å²) in [5.74, 6) is -0.0410. The van der Waals surface area contributed by atoms with Crippen LogP contribution in [0.4, 0.5) is 11.5 Å². The zero-order valence-corrected chi connectivity index (χ0v) is 12.6. The van der Waals surface area contributed by atoms with E-state index in [4.69, 9.17) is 28.9 Å². The van der Waals surface area contributed by atoms with E-state index in [1.54, 1.807) is 24.3 Å². The van der Waals surface area contributed by atoms with Gasteiger partial charge in [-0.25, -0.2) is 4.98 Å². The minimum atomic E-state index is -0.398. The van der Waals surface area contributed by atoms with Crippen LogP contribution >= 0.6 is 39.1 Å². The summed E-state index contributed by atoms with van der Waals surface area (Å²) in [6.07, 6.45) is 1.44. The van der Waals surface area contributed by atoms with Crippen LogP contribution in [-0.4, -0.2) is 10.9 Å². The van der Waals surface area contributed by atoms with Crippen LogP contribution in [0.25, 0.3) is 0 Å². The van der Waals surface area contributed by atoms with Crippen molar-refractivity contribution in [2.75, 3.05) is 11.1 Å². The topological polar surface area (TPSA) is 68.0 Å². The summed E-state index contributed by atoms with van der Waals surface area (Å²) in [7, 11) is 0.